The second kappa shape index (κ2) is 8.58. The molecule has 2 N–H and O–H groups in total. The summed E-state index contributed by atoms with van der Waals surface area (Å²) in [7, 11) is 4.47. The summed E-state index contributed by atoms with van der Waals surface area (Å²) in [5.74, 6) is 2.95. The Hall–Kier alpha value is -1.13. The van der Waals surface area contributed by atoms with E-state index in [1.807, 2.05) is 19.9 Å². The van der Waals surface area contributed by atoms with Gasteiger partial charge in [0.05, 0.1) is 12.1 Å². The molecule has 0 bridgehead atoms. The standard InChI is InChI=1S/C28H46N2O2/c1-8-17(2)26(32)29-24-15-19-9-10-20-22-12-11-21(18(3)30(6)7)27(22,4)14-13-23(20)28(19,5)16-25(24)31/h8-9,18,20-25,31H,10-16H2,1-7H3,(H,29,32)/b17-8+/t18-,20-,21+,22-,23-,24+,25-,27+,28-/m0/s1. The van der Waals surface area contributed by atoms with Gasteiger partial charge in [0, 0.05) is 11.6 Å². The fourth-order valence-electron chi connectivity index (χ4n) is 8.46. The van der Waals surface area contributed by atoms with E-state index in [0.717, 1.165) is 36.2 Å². The van der Waals surface area contributed by atoms with E-state index in [2.05, 4.69) is 51.2 Å². The van der Waals surface area contributed by atoms with Gasteiger partial charge in [0.25, 0.3) is 0 Å². The molecule has 32 heavy (non-hydrogen) atoms. The number of hydrogen-bond acceptors (Lipinski definition) is 3. The first-order chi connectivity index (χ1) is 15.0. The first-order valence-corrected chi connectivity index (χ1v) is 13.0. The Morgan fingerprint density at radius 1 is 1.25 bits per heavy atom. The van der Waals surface area contributed by atoms with Gasteiger partial charge >= 0.3 is 0 Å². The van der Waals surface area contributed by atoms with E-state index < -0.39 is 6.10 Å². The van der Waals surface area contributed by atoms with Crippen LogP contribution in [0.2, 0.25) is 0 Å². The van der Waals surface area contributed by atoms with E-state index in [1.54, 1.807) is 0 Å². The van der Waals surface area contributed by atoms with Gasteiger partial charge in [0.15, 0.2) is 0 Å². The molecular weight excluding hydrogens is 396 g/mol. The van der Waals surface area contributed by atoms with Crippen molar-refractivity contribution in [3.8, 4) is 0 Å². The molecule has 3 saturated carbocycles. The molecular formula is C28H46N2O2. The van der Waals surface area contributed by atoms with Crippen LogP contribution in [0.25, 0.3) is 0 Å². The van der Waals surface area contributed by atoms with Gasteiger partial charge in [-0.15, -0.1) is 0 Å². The van der Waals surface area contributed by atoms with Crippen molar-refractivity contribution in [3.63, 3.8) is 0 Å². The van der Waals surface area contributed by atoms with Crippen LogP contribution >= 0.6 is 0 Å². The van der Waals surface area contributed by atoms with E-state index in [1.165, 1.54) is 37.7 Å². The molecule has 180 valence electrons. The van der Waals surface area contributed by atoms with Gasteiger partial charge in [-0.2, -0.15) is 0 Å². The molecule has 0 aromatic rings. The number of hydrogen-bond donors (Lipinski definition) is 2. The average Bonchev–Trinajstić information content (AvgIpc) is 3.10. The van der Waals surface area contributed by atoms with Crippen molar-refractivity contribution in [2.75, 3.05) is 14.1 Å². The monoisotopic (exact) mass is 442 g/mol. The Kier molecular flexibility index (Phi) is 6.44. The van der Waals surface area contributed by atoms with Crippen LogP contribution in [0.15, 0.2) is 23.3 Å². The van der Waals surface area contributed by atoms with E-state index in [-0.39, 0.29) is 17.4 Å². The van der Waals surface area contributed by atoms with Crippen LogP contribution in [0.4, 0.5) is 0 Å². The second-order valence-corrected chi connectivity index (χ2v) is 12.2. The van der Waals surface area contributed by atoms with Crippen molar-refractivity contribution in [1.82, 2.24) is 10.2 Å². The van der Waals surface area contributed by atoms with Crippen LogP contribution in [0.3, 0.4) is 0 Å². The van der Waals surface area contributed by atoms with Gasteiger partial charge in [-0.25, -0.2) is 0 Å². The molecule has 4 rings (SSSR count). The Morgan fingerprint density at radius 3 is 2.62 bits per heavy atom. The molecule has 0 unspecified atom stereocenters. The van der Waals surface area contributed by atoms with Gasteiger partial charge in [-0.05, 0) is 114 Å². The number of nitrogens with zero attached hydrogens (tertiary/aromatic N) is 1. The Morgan fingerprint density at radius 2 is 1.97 bits per heavy atom. The van der Waals surface area contributed by atoms with Gasteiger partial charge in [0.2, 0.25) is 5.91 Å². The van der Waals surface area contributed by atoms with Crippen molar-refractivity contribution in [2.45, 2.75) is 97.8 Å². The van der Waals surface area contributed by atoms with Crippen LogP contribution < -0.4 is 5.32 Å². The highest BCUT2D eigenvalue weighted by molar-refractivity contribution is 5.92. The number of fused-ring (bicyclic) bond motifs is 5. The molecule has 4 aliphatic carbocycles. The highest BCUT2D eigenvalue weighted by Gasteiger charge is 2.60. The number of allylic oxidation sites excluding steroid dienone is 2. The number of amides is 1. The number of nitrogens with one attached hydrogen (secondary N) is 1. The second-order valence-electron chi connectivity index (χ2n) is 12.2. The third-order valence-electron chi connectivity index (χ3n) is 10.7. The van der Waals surface area contributed by atoms with Crippen LogP contribution in [0.5, 0.6) is 0 Å². The Bertz CT molecular complexity index is 801. The lowest BCUT2D eigenvalue weighted by Gasteiger charge is -2.59. The molecule has 4 heteroatoms. The van der Waals surface area contributed by atoms with E-state index in [0.29, 0.717) is 17.4 Å². The lowest BCUT2D eigenvalue weighted by molar-refractivity contribution is -0.120. The summed E-state index contributed by atoms with van der Waals surface area (Å²) in [5, 5.41) is 14.2. The summed E-state index contributed by atoms with van der Waals surface area (Å²) in [4.78, 5) is 14.9. The van der Waals surface area contributed by atoms with E-state index in [4.69, 9.17) is 0 Å². The molecule has 0 heterocycles. The first-order valence-electron chi connectivity index (χ1n) is 13.0. The number of carbonyl (C=O) groups excluding carboxylic acids is 1. The van der Waals surface area contributed by atoms with Crippen molar-refractivity contribution < 1.29 is 9.90 Å². The highest BCUT2D eigenvalue weighted by Crippen LogP contribution is 2.66. The average molecular weight is 443 g/mol. The number of aliphatic hydroxyl groups excluding tert-OH is 1. The molecule has 9 atom stereocenters. The summed E-state index contributed by atoms with van der Waals surface area (Å²) < 4.78 is 0. The largest absolute Gasteiger partial charge is 0.391 e. The topological polar surface area (TPSA) is 52.6 Å². The maximum atomic E-state index is 12.4. The summed E-state index contributed by atoms with van der Waals surface area (Å²) in [5.41, 5.74) is 2.73. The van der Waals surface area contributed by atoms with Crippen molar-refractivity contribution in [3.05, 3.63) is 23.3 Å². The lowest BCUT2D eigenvalue weighted by Crippen LogP contribution is -2.56. The minimum Gasteiger partial charge on any atom is -0.391 e. The molecule has 4 nitrogen and oxygen atoms in total. The predicted molar refractivity (Wildman–Crippen MR) is 131 cm³/mol. The zero-order chi connectivity index (χ0) is 23.4. The van der Waals surface area contributed by atoms with Gasteiger partial charge < -0.3 is 15.3 Å². The van der Waals surface area contributed by atoms with Gasteiger partial charge in [-0.1, -0.05) is 31.6 Å². The Labute approximate surface area is 195 Å². The molecule has 0 radical (unpaired) electrons. The Balaban J connectivity index is 1.55. The molecule has 0 spiro atoms. The molecule has 3 fully saturated rings. The maximum Gasteiger partial charge on any atom is 0.246 e. The first kappa shape index (κ1) is 24.0. The zero-order valence-corrected chi connectivity index (χ0v) is 21.4. The summed E-state index contributed by atoms with van der Waals surface area (Å²) in [6, 6.07) is 0.465. The maximum absolute atomic E-state index is 12.4. The third-order valence-corrected chi connectivity index (χ3v) is 10.7. The van der Waals surface area contributed by atoms with E-state index >= 15 is 0 Å². The molecule has 0 aromatic heterocycles. The van der Waals surface area contributed by atoms with Crippen molar-refractivity contribution in [2.24, 2.45) is 34.5 Å². The minimum absolute atomic E-state index is 0.0464. The highest BCUT2D eigenvalue weighted by atomic mass is 16.3. The SMILES string of the molecule is C/C=C(\C)C(=O)N[C@@H]1CC2=CC[C@H]3[C@@H]4CC[C@H]([C@H](C)N(C)C)[C@@]4(C)CC[C@@H]3[C@@]2(C)C[C@@H]1O. The smallest absolute Gasteiger partial charge is 0.246 e. The minimum atomic E-state index is -0.470. The third kappa shape index (κ3) is 3.70. The number of carbonyl (C=O) groups is 1. The molecule has 0 saturated heterocycles. The van der Waals surface area contributed by atoms with Gasteiger partial charge in [0.1, 0.15) is 0 Å². The zero-order valence-electron chi connectivity index (χ0n) is 21.4. The normalized spacial score (nSPS) is 44.9. The van der Waals surface area contributed by atoms with E-state index in [9.17, 15) is 9.90 Å². The summed E-state index contributed by atoms with van der Waals surface area (Å²) in [6.45, 7) is 11.2. The molecule has 4 aliphatic rings. The van der Waals surface area contributed by atoms with Gasteiger partial charge in [-0.3, -0.25) is 4.79 Å². The number of rotatable bonds is 4. The quantitative estimate of drug-likeness (QED) is 0.479. The van der Waals surface area contributed by atoms with Crippen LogP contribution in [0.1, 0.15) is 79.6 Å². The van der Waals surface area contributed by atoms with Crippen molar-refractivity contribution >= 4 is 5.91 Å². The number of aliphatic hydroxyl groups is 1. The van der Waals surface area contributed by atoms with Crippen LogP contribution in [0, 0.1) is 34.5 Å². The predicted octanol–water partition coefficient (Wildman–Crippen LogP) is 4.94. The summed E-state index contributed by atoms with van der Waals surface area (Å²) >= 11 is 0. The fourth-order valence-corrected chi connectivity index (χ4v) is 8.46. The molecule has 1 amide bonds. The van der Waals surface area contributed by atoms with Crippen LogP contribution in [-0.2, 0) is 4.79 Å². The summed E-state index contributed by atoms with van der Waals surface area (Å²) in [6.07, 6.45) is 12.0. The molecule has 0 aromatic carbocycles. The molecule has 0 aliphatic heterocycles. The lowest BCUT2D eigenvalue weighted by atomic mass is 9.47. The van der Waals surface area contributed by atoms with Crippen molar-refractivity contribution in [1.29, 1.82) is 0 Å². The van der Waals surface area contributed by atoms with Crippen LogP contribution in [-0.4, -0.2) is 48.2 Å². The fraction of sp³-hybridized carbons (Fsp3) is 0.821.